The van der Waals surface area contributed by atoms with Crippen LogP contribution < -0.4 is 26.6 Å². The number of carbonyl (C=O) groups excluding carboxylic acids is 1. The summed E-state index contributed by atoms with van der Waals surface area (Å²) in [6, 6.07) is 19.6. The molecule has 6 N–H and O–H groups in total. The van der Waals surface area contributed by atoms with Crippen molar-refractivity contribution in [1.82, 2.24) is 29.9 Å². The van der Waals surface area contributed by atoms with Crippen LogP contribution in [-0.4, -0.2) is 82.4 Å². The maximum absolute atomic E-state index is 13.7. The Balaban J connectivity index is 1.17. The Morgan fingerprint density at radius 2 is 1.67 bits per heavy atom. The van der Waals surface area contributed by atoms with Gasteiger partial charge < -0.3 is 25.6 Å². The van der Waals surface area contributed by atoms with Crippen molar-refractivity contribution in [1.29, 1.82) is 10.8 Å². The van der Waals surface area contributed by atoms with E-state index in [0.717, 1.165) is 68.8 Å². The number of aliphatic imine (C=N–C) groups is 1. The molecular formula is C43H60N10O2. The van der Waals surface area contributed by atoms with Gasteiger partial charge in [-0.2, -0.15) is 0 Å². The number of allylic oxidation sites excluding steroid dienone is 1. The highest BCUT2D eigenvalue weighted by molar-refractivity contribution is 6.05. The highest BCUT2D eigenvalue weighted by Crippen LogP contribution is 2.38. The van der Waals surface area contributed by atoms with Crippen LogP contribution in [0, 0.1) is 16.2 Å². The van der Waals surface area contributed by atoms with E-state index in [1.54, 1.807) is 29.0 Å². The number of pyridine rings is 1. The molecule has 2 saturated heterocycles. The van der Waals surface area contributed by atoms with Gasteiger partial charge in [0.1, 0.15) is 23.2 Å². The second-order valence-electron chi connectivity index (χ2n) is 16.5. The molecule has 6 rings (SSSR count). The summed E-state index contributed by atoms with van der Waals surface area (Å²) < 4.78 is 8.21. The standard InChI is InChI=1S/C43H60N10O2/c1-29-11-9-12-30(2)53(29)41(46)52-28-33(17-20-39(52)45)55-37-19-18-36(34-15-7-8-16-35(34)37)48-42(54)49-40(26-38(44)43(3,4)5)47-32-14-10-13-31(25-32)27-51-23-21-50(6)22-24-51/h7-8,10,13-17,20,25-26,28-30,36-37,45-46H,9,11-12,18-19,21-24,27,44H2,1-6H3,(H2,47,48,49,54)/t29-,30+,36-,37+/m0/s1. The third-order valence-electron chi connectivity index (χ3n) is 11.2. The van der Waals surface area contributed by atoms with E-state index in [2.05, 4.69) is 58.4 Å². The molecule has 0 bridgehead atoms. The molecule has 0 radical (unpaired) electrons. The van der Waals surface area contributed by atoms with Crippen LogP contribution in [0.2, 0.25) is 0 Å². The van der Waals surface area contributed by atoms with Crippen molar-refractivity contribution in [3.8, 4) is 5.75 Å². The van der Waals surface area contributed by atoms with E-state index in [1.165, 1.54) is 5.56 Å². The lowest BCUT2D eigenvalue weighted by atomic mass is 9.85. The van der Waals surface area contributed by atoms with Gasteiger partial charge in [0.25, 0.3) is 0 Å². The lowest BCUT2D eigenvalue weighted by molar-refractivity contribution is 0.148. The number of nitrogens with two attached hydrogens (primary N) is 1. The van der Waals surface area contributed by atoms with Crippen LogP contribution in [0.25, 0.3) is 0 Å². The highest BCUT2D eigenvalue weighted by Gasteiger charge is 2.31. The summed E-state index contributed by atoms with van der Waals surface area (Å²) in [6.07, 6.45) is 7.80. The number of nitrogens with zero attached hydrogens (tertiary/aromatic N) is 5. The van der Waals surface area contributed by atoms with Gasteiger partial charge in [0, 0.05) is 62.0 Å². The number of ether oxygens (including phenoxy) is 1. The van der Waals surface area contributed by atoms with Crippen LogP contribution in [0.1, 0.15) is 95.6 Å². The summed E-state index contributed by atoms with van der Waals surface area (Å²) in [5.74, 6) is 1.27. The maximum atomic E-state index is 13.7. The first-order valence-electron chi connectivity index (χ1n) is 19.8. The Kier molecular flexibility index (Phi) is 12.5. The molecule has 3 aliphatic rings. The SMILES string of the molecule is C[C@@H]1CCC[C@H](C)N1C(=N)n1cc(O[C@@H]2CC[C@H](NC(=O)NC(C=C(N)C(C)(C)C)=Nc3cccc(CN4CCN(C)CC4)c3)c3ccccc32)ccc1=N. The monoisotopic (exact) mass is 748 g/mol. The predicted molar refractivity (Wildman–Crippen MR) is 220 cm³/mol. The Labute approximate surface area is 326 Å². The minimum Gasteiger partial charge on any atom is -0.484 e. The third-order valence-corrected chi connectivity index (χ3v) is 11.2. The number of likely N-dealkylation sites (N-methyl/N-ethyl adjacent to an activating group) is 1. The summed E-state index contributed by atoms with van der Waals surface area (Å²) in [6.45, 7) is 15.4. The molecule has 2 aliphatic heterocycles. The van der Waals surface area contributed by atoms with E-state index >= 15 is 0 Å². The molecule has 2 fully saturated rings. The van der Waals surface area contributed by atoms with Gasteiger partial charge in [-0.15, -0.1) is 0 Å². The van der Waals surface area contributed by atoms with E-state index in [1.807, 2.05) is 57.2 Å². The van der Waals surface area contributed by atoms with Crippen LogP contribution in [0.3, 0.4) is 0 Å². The van der Waals surface area contributed by atoms with Crippen LogP contribution in [0.5, 0.6) is 5.75 Å². The van der Waals surface area contributed by atoms with Crippen LogP contribution in [-0.2, 0) is 6.54 Å². The molecule has 0 saturated carbocycles. The summed E-state index contributed by atoms with van der Waals surface area (Å²) in [4.78, 5) is 25.5. The van der Waals surface area contributed by atoms with Gasteiger partial charge in [-0.05, 0) is 94.0 Å². The highest BCUT2D eigenvalue weighted by atomic mass is 16.5. The molecule has 3 aromatic rings. The molecule has 1 aromatic heterocycles. The number of hydrogen-bond donors (Lipinski definition) is 5. The Bertz CT molecular complexity index is 1940. The van der Waals surface area contributed by atoms with Gasteiger partial charge >= 0.3 is 6.03 Å². The number of nitrogens with one attached hydrogen (secondary N) is 4. The molecule has 12 nitrogen and oxygen atoms in total. The Morgan fingerprint density at radius 1 is 0.964 bits per heavy atom. The fourth-order valence-electron chi connectivity index (χ4n) is 7.77. The first kappa shape index (κ1) is 39.7. The average molecular weight is 749 g/mol. The number of carbonyl (C=O) groups is 1. The second-order valence-corrected chi connectivity index (χ2v) is 16.5. The molecule has 0 unspecified atom stereocenters. The number of fused-ring (bicyclic) bond motifs is 1. The van der Waals surface area contributed by atoms with E-state index in [0.29, 0.717) is 36.1 Å². The van der Waals surface area contributed by atoms with E-state index in [-0.39, 0.29) is 41.2 Å². The number of amidine groups is 1. The van der Waals surface area contributed by atoms with Gasteiger partial charge in [0.15, 0.2) is 0 Å². The second kappa shape index (κ2) is 17.2. The van der Waals surface area contributed by atoms with Crippen molar-refractivity contribution >= 4 is 23.5 Å². The van der Waals surface area contributed by atoms with Crippen molar-refractivity contribution in [3.05, 3.63) is 101 Å². The number of hydrogen-bond acceptors (Lipinski definition) is 8. The molecule has 4 atom stereocenters. The summed E-state index contributed by atoms with van der Waals surface area (Å²) >= 11 is 0. The summed E-state index contributed by atoms with van der Waals surface area (Å²) in [5, 5.41) is 23.8. The zero-order valence-corrected chi connectivity index (χ0v) is 33.4. The number of urea groups is 1. The number of benzene rings is 2. The number of piperidine rings is 1. The van der Waals surface area contributed by atoms with Gasteiger partial charge in [-0.1, -0.05) is 57.2 Å². The summed E-state index contributed by atoms with van der Waals surface area (Å²) in [7, 11) is 2.16. The smallest absolute Gasteiger partial charge is 0.320 e. The van der Waals surface area contributed by atoms with Crippen LogP contribution in [0.4, 0.5) is 10.5 Å². The van der Waals surface area contributed by atoms with E-state index in [4.69, 9.17) is 26.3 Å². The summed E-state index contributed by atoms with van der Waals surface area (Å²) in [5.41, 5.74) is 11.0. The van der Waals surface area contributed by atoms with Crippen LogP contribution >= 0.6 is 0 Å². The third kappa shape index (κ3) is 10.0. The van der Waals surface area contributed by atoms with E-state index in [9.17, 15) is 4.79 Å². The normalized spacial score (nSPS) is 22.8. The van der Waals surface area contributed by atoms with Crippen molar-refractivity contribution in [3.63, 3.8) is 0 Å². The molecule has 12 heteroatoms. The molecular weight excluding hydrogens is 689 g/mol. The fraction of sp³-hybridized carbons (Fsp3) is 0.488. The van der Waals surface area contributed by atoms with Crippen molar-refractivity contribution in [2.24, 2.45) is 16.1 Å². The van der Waals surface area contributed by atoms with Crippen molar-refractivity contribution < 1.29 is 9.53 Å². The molecule has 1 aliphatic carbocycles. The molecule has 3 heterocycles. The molecule has 2 amide bonds. The molecule has 0 spiro atoms. The first-order valence-corrected chi connectivity index (χ1v) is 19.8. The Hall–Kier alpha value is -4.94. The number of aromatic nitrogens is 1. The molecule has 55 heavy (non-hydrogen) atoms. The van der Waals surface area contributed by atoms with Gasteiger partial charge in [0.2, 0.25) is 5.96 Å². The van der Waals surface area contributed by atoms with Crippen molar-refractivity contribution in [2.45, 2.75) is 97.5 Å². The van der Waals surface area contributed by atoms with Gasteiger partial charge in [0.05, 0.1) is 17.9 Å². The van der Waals surface area contributed by atoms with Crippen molar-refractivity contribution in [2.75, 3.05) is 33.2 Å². The minimum atomic E-state index is -0.365. The zero-order chi connectivity index (χ0) is 39.3. The molecule has 2 aromatic carbocycles. The minimum absolute atomic E-state index is 0.234. The lowest BCUT2D eigenvalue weighted by Gasteiger charge is -2.41. The quantitative estimate of drug-likeness (QED) is 0.135. The van der Waals surface area contributed by atoms with Gasteiger partial charge in [-0.25, -0.2) is 9.79 Å². The van der Waals surface area contributed by atoms with Gasteiger partial charge in [-0.3, -0.25) is 25.6 Å². The number of rotatable bonds is 7. The number of amides is 2. The topological polar surface area (TPSA) is 151 Å². The lowest BCUT2D eigenvalue weighted by Crippen LogP contribution is -2.51. The predicted octanol–water partition coefficient (Wildman–Crippen LogP) is 6.63. The maximum Gasteiger partial charge on any atom is 0.320 e. The zero-order valence-electron chi connectivity index (χ0n) is 33.4. The largest absolute Gasteiger partial charge is 0.484 e. The molecule has 294 valence electrons. The Morgan fingerprint density at radius 3 is 2.38 bits per heavy atom. The number of piperazine rings is 1. The van der Waals surface area contributed by atoms with E-state index < -0.39 is 0 Å². The average Bonchev–Trinajstić information content (AvgIpc) is 3.14. The number of likely N-dealkylation sites (tertiary alicyclic amines) is 1. The fourth-order valence-corrected chi connectivity index (χ4v) is 7.77. The van der Waals surface area contributed by atoms with Crippen LogP contribution in [0.15, 0.2) is 83.6 Å². The first-order chi connectivity index (χ1) is 26.2.